The Balaban J connectivity index is 1.90. The van der Waals surface area contributed by atoms with Crippen LogP contribution in [0.15, 0.2) is 46.6 Å². The van der Waals surface area contributed by atoms with Gasteiger partial charge in [-0.3, -0.25) is 9.98 Å². The van der Waals surface area contributed by atoms with Crippen LogP contribution >= 0.6 is 0 Å². The van der Waals surface area contributed by atoms with Gasteiger partial charge in [0.2, 0.25) is 0 Å². The van der Waals surface area contributed by atoms with Gasteiger partial charge in [0, 0.05) is 34.5 Å². The molecule has 1 aromatic heterocycles. The summed E-state index contributed by atoms with van der Waals surface area (Å²) in [6, 6.07) is 8.65. The Morgan fingerprint density at radius 2 is 1.73 bits per heavy atom. The number of hydrogen-bond donors (Lipinski definition) is 1. The van der Waals surface area contributed by atoms with Gasteiger partial charge in [-0.15, -0.1) is 5.92 Å². The Bertz CT molecular complexity index is 1070. The van der Waals surface area contributed by atoms with Gasteiger partial charge < -0.3 is 5.73 Å². The molecule has 0 bridgehead atoms. The molecule has 0 spiro atoms. The first-order chi connectivity index (χ1) is 14.4. The summed E-state index contributed by atoms with van der Waals surface area (Å²) in [7, 11) is 0. The van der Waals surface area contributed by atoms with Crippen LogP contribution in [-0.2, 0) is 5.66 Å². The standard InChI is InChI=1S/C26H30N4/c1-5-9-20-14-22(17-28-16-20)21-11-10-18(2)23(15-21)26(29-19(3)24(27)30-26)25(4)12-7-6-8-13-25/h10-11,14-17H,6-8,12-13H2,1-4H3,(H2,27,30)/t26-/m0/s1. The van der Waals surface area contributed by atoms with Crippen molar-refractivity contribution in [3.05, 3.63) is 53.3 Å². The van der Waals surface area contributed by atoms with Crippen LogP contribution in [-0.4, -0.2) is 16.5 Å². The number of hydrogen-bond acceptors (Lipinski definition) is 4. The van der Waals surface area contributed by atoms with Crippen molar-refractivity contribution in [2.24, 2.45) is 21.1 Å². The lowest BCUT2D eigenvalue weighted by molar-refractivity contribution is 0.0950. The molecule has 1 fully saturated rings. The zero-order valence-electron chi connectivity index (χ0n) is 18.4. The number of aryl methyl sites for hydroxylation is 1. The summed E-state index contributed by atoms with van der Waals surface area (Å²) in [6.07, 6.45) is 9.61. The van der Waals surface area contributed by atoms with Gasteiger partial charge in [0.25, 0.3) is 0 Å². The van der Waals surface area contributed by atoms with Crippen molar-refractivity contribution in [1.29, 1.82) is 0 Å². The molecule has 0 radical (unpaired) electrons. The second-order valence-corrected chi connectivity index (χ2v) is 8.85. The number of benzene rings is 1. The van der Waals surface area contributed by atoms with Crippen LogP contribution < -0.4 is 5.73 Å². The predicted octanol–water partition coefficient (Wildman–Crippen LogP) is 5.38. The van der Waals surface area contributed by atoms with Crippen molar-refractivity contribution in [3.63, 3.8) is 0 Å². The van der Waals surface area contributed by atoms with Crippen LogP contribution in [0, 0.1) is 24.2 Å². The Labute approximate surface area is 179 Å². The molecule has 2 N–H and O–H groups in total. The molecule has 30 heavy (non-hydrogen) atoms. The first kappa shape index (κ1) is 20.3. The maximum atomic E-state index is 6.30. The normalized spacial score (nSPS) is 22.7. The molecule has 1 saturated carbocycles. The minimum Gasteiger partial charge on any atom is -0.382 e. The van der Waals surface area contributed by atoms with E-state index >= 15 is 0 Å². The van der Waals surface area contributed by atoms with Crippen molar-refractivity contribution in [2.45, 2.75) is 65.5 Å². The SMILES string of the molecule is CC#Cc1cncc(-c2ccc(C)c([C@]3(C4(C)CCCCC4)N=C(C)C(N)=N3)c2)c1. The number of aliphatic imine (C=N–C) groups is 2. The number of rotatable bonds is 3. The third-order valence-electron chi connectivity index (χ3n) is 6.74. The summed E-state index contributed by atoms with van der Waals surface area (Å²) in [5.41, 5.74) is 11.9. The molecule has 0 amide bonds. The molecular formula is C26H30N4. The van der Waals surface area contributed by atoms with Gasteiger partial charge in [-0.25, -0.2) is 4.99 Å². The van der Waals surface area contributed by atoms with E-state index in [-0.39, 0.29) is 5.41 Å². The van der Waals surface area contributed by atoms with E-state index in [1.807, 2.05) is 20.0 Å². The van der Waals surface area contributed by atoms with Crippen LogP contribution in [0.25, 0.3) is 11.1 Å². The zero-order chi connectivity index (χ0) is 21.4. The number of aromatic nitrogens is 1. The second kappa shape index (κ2) is 7.72. The molecule has 1 aliphatic carbocycles. The molecule has 1 aliphatic heterocycles. The summed E-state index contributed by atoms with van der Waals surface area (Å²) in [5.74, 6) is 6.62. The van der Waals surface area contributed by atoms with Gasteiger partial charge in [0.05, 0.1) is 5.71 Å². The third kappa shape index (κ3) is 3.33. The highest BCUT2D eigenvalue weighted by atomic mass is 15.2. The largest absolute Gasteiger partial charge is 0.382 e. The van der Waals surface area contributed by atoms with Crippen molar-refractivity contribution >= 4 is 11.5 Å². The molecule has 4 heteroatoms. The van der Waals surface area contributed by atoms with Crippen LogP contribution in [0.2, 0.25) is 0 Å². The molecule has 2 aliphatic rings. The molecule has 4 rings (SSSR count). The topological polar surface area (TPSA) is 63.6 Å². The van der Waals surface area contributed by atoms with Gasteiger partial charge in [-0.05, 0) is 56.9 Å². The summed E-state index contributed by atoms with van der Waals surface area (Å²) in [4.78, 5) is 14.6. The maximum absolute atomic E-state index is 6.30. The fraction of sp³-hybridized carbons (Fsp3) is 0.423. The van der Waals surface area contributed by atoms with Crippen molar-refractivity contribution < 1.29 is 0 Å². The zero-order valence-corrected chi connectivity index (χ0v) is 18.4. The van der Waals surface area contributed by atoms with Crippen LogP contribution in [0.3, 0.4) is 0 Å². The van der Waals surface area contributed by atoms with Crippen molar-refractivity contribution in [2.75, 3.05) is 0 Å². The van der Waals surface area contributed by atoms with E-state index in [0.29, 0.717) is 5.84 Å². The summed E-state index contributed by atoms with van der Waals surface area (Å²) in [6.45, 7) is 8.31. The Morgan fingerprint density at radius 3 is 2.40 bits per heavy atom. The molecule has 2 heterocycles. The van der Waals surface area contributed by atoms with Crippen LogP contribution in [0.5, 0.6) is 0 Å². The van der Waals surface area contributed by atoms with Crippen LogP contribution in [0.4, 0.5) is 0 Å². The molecular weight excluding hydrogens is 368 g/mol. The summed E-state index contributed by atoms with van der Waals surface area (Å²) in [5, 5.41) is 0. The number of nitrogens with zero attached hydrogens (tertiary/aromatic N) is 3. The number of pyridine rings is 1. The highest BCUT2D eigenvalue weighted by Gasteiger charge is 2.52. The van der Waals surface area contributed by atoms with E-state index in [9.17, 15) is 0 Å². The van der Waals surface area contributed by atoms with E-state index in [1.165, 1.54) is 24.8 Å². The predicted molar refractivity (Wildman–Crippen MR) is 125 cm³/mol. The fourth-order valence-electron chi connectivity index (χ4n) is 4.96. The minimum atomic E-state index is -0.657. The van der Waals surface area contributed by atoms with Gasteiger partial charge >= 0.3 is 0 Å². The van der Waals surface area contributed by atoms with E-state index in [4.69, 9.17) is 15.7 Å². The maximum Gasteiger partial charge on any atom is 0.184 e. The third-order valence-corrected chi connectivity index (χ3v) is 6.74. The van der Waals surface area contributed by atoms with Crippen molar-refractivity contribution in [1.82, 2.24) is 4.98 Å². The summed E-state index contributed by atoms with van der Waals surface area (Å²) < 4.78 is 0. The average Bonchev–Trinajstić information content (AvgIpc) is 3.05. The smallest absolute Gasteiger partial charge is 0.184 e. The van der Waals surface area contributed by atoms with Crippen LogP contribution in [0.1, 0.15) is 69.6 Å². The van der Waals surface area contributed by atoms with Gasteiger partial charge in [0.15, 0.2) is 5.66 Å². The second-order valence-electron chi connectivity index (χ2n) is 8.85. The molecule has 0 unspecified atom stereocenters. The molecule has 0 saturated heterocycles. The lowest BCUT2D eigenvalue weighted by Gasteiger charge is -2.45. The molecule has 1 atom stereocenters. The van der Waals surface area contributed by atoms with Gasteiger partial charge in [0.1, 0.15) is 5.84 Å². The summed E-state index contributed by atoms with van der Waals surface area (Å²) >= 11 is 0. The Kier molecular flexibility index (Phi) is 5.24. The van der Waals surface area contributed by atoms with Gasteiger partial charge in [-0.2, -0.15) is 0 Å². The van der Waals surface area contributed by atoms with E-state index < -0.39 is 5.66 Å². The quantitative estimate of drug-likeness (QED) is 0.705. The number of nitrogens with two attached hydrogens (primary N) is 1. The highest BCUT2D eigenvalue weighted by Crippen LogP contribution is 2.55. The lowest BCUT2D eigenvalue weighted by atomic mass is 9.64. The first-order valence-corrected chi connectivity index (χ1v) is 10.8. The monoisotopic (exact) mass is 398 g/mol. The van der Waals surface area contributed by atoms with Gasteiger partial charge in [-0.1, -0.05) is 44.2 Å². The van der Waals surface area contributed by atoms with Crippen molar-refractivity contribution in [3.8, 4) is 23.0 Å². The fourth-order valence-corrected chi connectivity index (χ4v) is 4.96. The average molecular weight is 399 g/mol. The highest BCUT2D eigenvalue weighted by molar-refractivity contribution is 6.41. The van der Waals surface area contributed by atoms with E-state index in [1.54, 1.807) is 6.20 Å². The lowest BCUT2D eigenvalue weighted by Crippen LogP contribution is -2.42. The molecule has 4 nitrogen and oxygen atoms in total. The van der Waals surface area contributed by atoms with E-state index in [0.717, 1.165) is 40.8 Å². The molecule has 2 aromatic rings. The number of amidine groups is 1. The first-order valence-electron chi connectivity index (χ1n) is 10.8. The molecule has 1 aromatic carbocycles. The molecule has 154 valence electrons. The Morgan fingerprint density at radius 1 is 0.967 bits per heavy atom. The Hall–Kier alpha value is -2.93. The minimum absolute atomic E-state index is 0.0508. The van der Waals surface area contributed by atoms with E-state index in [2.05, 4.69) is 54.9 Å².